The first kappa shape index (κ1) is 19.4. The molecule has 0 saturated carbocycles. The number of rotatable bonds is 9. The van der Waals surface area contributed by atoms with E-state index in [-0.39, 0.29) is 12.0 Å². The molecule has 0 bridgehead atoms. The number of hydrogen-bond donors (Lipinski definition) is 3. The molecule has 0 aliphatic heterocycles. The van der Waals surface area contributed by atoms with Gasteiger partial charge in [0.05, 0.1) is 7.11 Å². The lowest BCUT2D eigenvalue weighted by Crippen LogP contribution is -2.41. The number of nitriles is 1. The third-order valence-corrected chi connectivity index (χ3v) is 3.68. The zero-order valence-electron chi connectivity index (χ0n) is 13.4. The maximum atomic E-state index is 12.1. The molecule has 1 aromatic rings. The van der Waals surface area contributed by atoms with Gasteiger partial charge in [0.2, 0.25) is 0 Å². The van der Waals surface area contributed by atoms with Gasteiger partial charge in [0.25, 0.3) is 5.91 Å². The molecule has 0 spiro atoms. The van der Waals surface area contributed by atoms with E-state index >= 15 is 0 Å². The predicted octanol–water partition coefficient (Wildman–Crippen LogP) is 1.84. The number of carboxylic acid groups (broad SMARTS) is 1. The van der Waals surface area contributed by atoms with E-state index in [1.807, 2.05) is 6.26 Å². The summed E-state index contributed by atoms with van der Waals surface area (Å²) < 4.78 is 5.08. The number of benzene rings is 1. The van der Waals surface area contributed by atoms with Crippen LogP contribution in [0.15, 0.2) is 36.0 Å². The molecule has 1 amide bonds. The molecule has 7 nitrogen and oxygen atoms in total. The zero-order chi connectivity index (χ0) is 17.9. The quantitative estimate of drug-likeness (QED) is 0.461. The number of carbonyl (C=O) groups is 2. The Labute approximate surface area is 144 Å². The fraction of sp³-hybridized carbons (Fsp3) is 0.312. The first-order valence-electron chi connectivity index (χ1n) is 7.05. The SMILES string of the molecule is COc1cccc(N/C=C(/C#N)C(=O)NC(CCSC)C(=O)O)c1. The van der Waals surface area contributed by atoms with E-state index in [1.165, 1.54) is 25.1 Å². The van der Waals surface area contributed by atoms with E-state index in [1.54, 1.807) is 30.3 Å². The monoisotopic (exact) mass is 349 g/mol. The van der Waals surface area contributed by atoms with Crippen molar-refractivity contribution in [2.75, 3.05) is 24.4 Å². The van der Waals surface area contributed by atoms with Gasteiger partial charge in [0.1, 0.15) is 23.4 Å². The highest BCUT2D eigenvalue weighted by atomic mass is 32.2. The largest absolute Gasteiger partial charge is 0.497 e. The van der Waals surface area contributed by atoms with Gasteiger partial charge in [-0.25, -0.2) is 4.79 Å². The first-order chi connectivity index (χ1) is 11.5. The average molecular weight is 349 g/mol. The second-order valence-electron chi connectivity index (χ2n) is 4.69. The number of nitrogens with one attached hydrogen (secondary N) is 2. The lowest BCUT2D eigenvalue weighted by molar-refractivity contribution is -0.141. The second kappa shape index (κ2) is 10.2. The van der Waals surface area contributed by atoms with Crippen LogP contribution in [0.1, 0.15) is 6.42 Å². The number of anilines is 1. The minimum absolute atomic E-state index is 0.215. The maximum absolute atomic E-state index is 12.1. The number of hydrogen-bond acceptors (Lipinski definition) is 6. The standard InChI is InChI=1S/C16H19N3O4S/c1-23-13-5-3-4-12(8-13)18-10-11(9-17)15(20)19-14(16(21)22)6-7-24-2/h3-5,8,10,14,18H,6-7H2,1-2H3,(H,19,20)(H,21,22)/b11-10-. The lowest BCUT2D eigenvalue weighted by Gasteiger charge is -2.13. The van der Waals surface area contributed by atoms with Crippen LogP contribution in [0.4, 0.5) is 5.69 Å². The van der Waals surface area contributed by atoms with Crippen molar-refractivity contribution < 1.29 is 19.4 Å². The third-order valence-electron chi connectivity index (χ3n) is 3.03. The molecule has 3 N–H and O–H groups in total. The number of nitrogens with zero attached hydrogens (tertiary/aromatic N) is 1. The van der Waals surface area contributed by atoms with Crippen LogP contribution >= 0.6 is 11.8 Å². The fourth-order valence-electron chi connectivity index (χ4n) is 1.75. The smallest absolute Gasteiger partial charge is 0.326 e. The highest BCUT2D eigenvalue weighted by molar-refractivity contribution is 7.98. The molecule has 0 aromatic heterocycles. The molecule has 1 rings (SSSR count). The molecule has 128 valence electrons. The van der Waals surface area contributed by atoms with Crippen LogP contribution in [-0.4, -0.2) is 42.1 Å². The van der Waals surface area contributed by atoms with Crippen molar-refractivity contribution in [2.45, 2.75) is 12.5 Å². The molecule has 0 radical (unpaired) electrons. The number of carbonyl (C=O) groups excluding carboxylic acids is 1. The van der Waals surface area contributed by atoms with Crippen LogP contribution in [0, 0.1) is 11.3 Å². The van der Waals surface area contributed by atoms with Gasteiger partial charge in [-0.15, -0.1) is 0 Å². The molecule has 0 heterocycles. The summed E-state index contributed by atoms with van der Waals surface area (Å²) in [6.07, 6.45) is 3.36. The highest BCUT2D eigenvalue weighted by Gasteiger charge is 2.21. The summed E-state index contributed by atoms with van der Waals surface area (Å²) >= 11 is 1.48. The summed E-state index contributed by atoms with van der Waals surface area (Å²) in [4.78, 5) is 23.2. The molecule has 1 unspecified atom stereocenters. The van der Waals surface area contributed by atoms with Gasteiger partial charge in [-0.1, -0.05) is 6.07 Å². The molecule has 0 fully saturated rings. The maximum Gasteiger partial charge on any atom is 0.326 e. The van der Waals surface area contributed by atoms with Crippen LogP contribution in [0.3, 0.4) is 0 Å². The van der Waals surface area contributed by atoms with Gasteiger partial charge in [0.15, 0.2) is 0 Å². The summed E-state index contributed by atoms with van der Waals surface area (Å²) in [5.74, 6) is -0.651. The third kappa shape index (κ3) is 6.22. The van der Waals surface area contributed by atoms with Gasteiger partial charge < -0.3 is 20.5 Å². The van der Waals surface area contributed by atoms with Crippen LogP contribution in [0.25, 0.3) is 0 Å². The van der Waals surface area contributed by atoms with E-state index < -0.39 is 17.9 Å². The Morgan fingerprint density at radius 1 is 1.50 bits per heavy atom. The summed E-state index contributed by atoms with van der Waals surface area (Å²) in [6.45, 7) is 0. The van der Waals surface area contributed by atoms with E-state index in [2.05, 4.69) is 10.6 Å². The topological polar surface area (TPSA) is 111 Å². The number of methoxy groups -OCH3 is 1. The Balaban J connectivity index is 2.77. The van der Waals surface area contributed by atoms with Crippen molar-refractivity contribution in [1.29, 1.82) is 5.26 Å². The number of carboxylic acids is 1. The van der Waals surface area contributed by atoms with Crippen molar-refractivity contribution in [3.05, 3.63) is 36.0 Å². The van der Waals surface area contributed by atoms with Gasteiger partial charge in [0, 0.05) is 18.0 Å². The molecule has 0 aliphatic carbocycles. The summed E-state index contributed by atoms with van der Waals surface area (Å²) in [5.41, 5.74) is 0.417. The lowest BCUT2D eigenvalue weighted by atomic mass is 10.2. The number of thioether (sulfide) groups is 1. The molecule has 1 atom stereocenters. The Bertz CT molecular complexity index is 655. The number of aliphatic carboxylic acids is 1. The average Bonchev–Trinajstić information content (AvgIpc) is 2.59. The molecule has 24 heavy (non-hydrogen) atoms. The molecule has 0 aliphatic rings. The van der Waals surface area contributed by atoms with Crippen molar-refractivity contribution in [1.82, 2.24) is 5.32 Å². The minimum atomic E-state index is -1.13. The Morgan fingerprint density at radius 2 is 2.25 bits per heavy atom. The highest BCUT2D eigenvalue weighted by Crippen LogP contribution is 2.16. The van der Waals surface area contributed by atoms with E-state index in [0.717, 1.165) is 0 Å². The van der Waals surface area contributed by atoms with Crippen LogP contribution in [0.2, 0.25) is 0 Å². The summed E-state index contributed by atoms with van der Waals surface area (Å²) in [5, 5.41) is 23.4. The van der Waals surface area contributed by atoms with E-state index in [9.17, 15) is 9.59 Å². The van der Waals surface area contributed by atoms with Crippen molar-refractivity contribution in [3.63, 3.8) is 0 Å². The summed E-state index contributed by atoms with van der Waals surface area (Å²) in [7, 11) is 1.53. The Hall–Kier alpha value is -2.66. The van der Waals surface area contributed by atoms with Gasteiger partial charge in [-0.3, -0.25) is 4.79 Å². The molecule has 8 heteroatoms. The molecular weight excluding hydrogens is 330 g/mol. The Morgan fingerprint density at radius 3 is 2.83 bits per heavy atom. The molecule has 0 saturated heterocycles. The van der Waals surface area contributed by atoms with Gasteiger partial charge in [-0.2, -0.15) is 17.0 Å². The number of amides is 1. The minimum Gasteiger partial charge on any atom is -0.497 e. The van der Waals surface area contributed by atoms with E-state index in [0.29, 0.717) is 17.2 Å². The zero-order valence-corrected chi connectivity index (χ0v) is 14.2. The van der Waals surface area contributed by atoms with Crippen LogP contribution in [-0.2, 0) is 9.59 Å². The fourth-order valence-corrected chi connectivity index (χ4v) is 2.22. The van der Waals surface area contributed by atoms with Crippen molar-refractivity contribution in [3.8, 4) is 11.8 Å². The van der Waals surface area contributed by atoms with Gasteiger partial charge in [-0.05, 0) is 30.6 Å². The van der Waals surface area contributed by atoms with Crippen molar-refractivity contribution in [2.24, 2.45) is 0 Å². The predicted molar refractivity (Wildman–Crippen MR) is 92.9 cm³/mol. The van der Waals surface area contributed by atoms with Crippen LogP contribution in [0.5, 0.6) is 5.75 Å². The summed E-state index contributed by atoms with van der Waals surface area (Å²) in [6, 6.07) is 7.68. The first-order valence-corrected chi connectivity index (χ1v) is 8.44. The molecule has 1 aromatic carbocycles. The van der Waals surface area contributed by atoms with Gasteiger partial charge >= 0.3 is 5.97 Å². The normalized spacial score (nSPS) is 12.0. The Kier molecular flexibility index (Phi) is 8.22. The molecular formula is C16H19N3O4S. The second-order valence-corrected chi connectivity index (χ2v) is 5.68. The van der Waals surface area contributed by atoms with Crippen molar-refractivity contribution >= 4 is 29.3 Å². The van der Waals surface area contributed by atoms with E-state index in [4.69, 9.17) is 15.1 Å². The van der Waals surface area contributed by atoms with Crippen LogP contribution < -0.4 is 15.4 Å². The number of ether oxygens (including phenoxy) is 1.